The Morgan fingerprint density at radius 3 is 2.35 bits per heavy atom. The molecule has 2 aromatic rings. The summed E-state index contributed by atoms with van der Waals surface area (Å²) >= 11 is 3.51. The van der Waals surface area contributed by atoms with Crippen LogP contribution in [0, 0.1) is 0 Å². The molecule has 0 spiro atoms. The summed E-state index contributed by atoms with van der Waals surface area (Å²) in [5.74, 6) is 0.965. The minimum absolute atomic E-state index is 0.0681. The van der Waals surface area contributed by atoms with E-state index in [1.54, 1.807) is 7.11 Å². The smallest absolute Gasteiger partial charge is 0.123 e. The van der Waals surface area contributed by atoms with Gasteiger partial charge < -0.3 is 4.74 Å². The first kappa shape index (κ1) is 12.4. The summed E-state index contributed by atoms with van der Waals surface area (Å²) < 4.78 is 6.60. The topological polar surface area (TPSA) is 9.23 Å². The van der Waals surface area contributed by atoms with Crippen molar-refractivity contribution in [1.82, 2.24) is 0 Å². The molecule has 0 radical (unpaired) electrons. The largest absolute Gasteiger partial charge is 0.496 e. The fraction of sp³-hybridized carbons (Fsp3) is 0.333. The van der Waals surface area contributed by atoms with Gasteiger partial charge in [-0.1, -0.05) is 48.8 Å². The van der Waals surface area contributed by atoms with E-state index < -0.39 is 0 Å². The normalized spacial score (nSPS) is 11.8. The van der Waals surface area contributed by atoms with Crippen molar-refractivity contribution < 1.29 is 4.74 Å². The molecule has 0 saturated carbocycles. The van der Waals surface area contributed by atoms with Crippen LogP contribution < -0.4 is 4.74 Å². The first-order valence-electron chi connectivity index (χ1n) is 5.70. The van der Waals surface area contributed by atoms with Gasteiger partial charge in [0, 0.05) is 10.0 Å². The second-order valence-electron chi connectivity index (χ2n) is 5.26. The second kappa shape index (κ2) is 4.34. The lowest BCUT2D eigenvalue weighted by Gasteiger charge is -2.24. The third kappa shape index (κ3) is 2.32. The summed E-state index contributed by atoms with van der Waals surface area (Å²) in [6.45, 7) is 6.64. The predicted molar refractivity (Wildman–Crippen MR) is 76.9 cm³/mol. The molecule has 90 valence electrons. The first-order valence-corrected chi connectivity index (χ1v) is 6.49. The van der Waals surface area contributed by atoms with Crippen LogP contribution in [0.5, 0.6) is 5.75 Å². The average Bonchev–Trinajstić information content (AvgIpc) is 2.25. The van der Waals surface area contributed by atoms with E-state index in [1.807, 2.05) is 0 Å². The number of hydrogen-bond acceptors (Lipinski definition) is 1. The zero-order chi connectivity index (χ0) is 12.6. The van der Waals surface area contributed by atoms with Crippen molar-refractivity contribution in [3.8, 4) is 5.75 Å². The molecule has 0 aliphatic rings. The quantitative estimate of drug-likeness (QED) is 0.726. The number of rotatable bonds is 1. The zero-order valence-corrected chi connectivity index (χ0v) is 12.3. The molecule has 0 aliphatic heterocycles. The van der Waals surface area contributed by atoms with E-state index in [9.17, 15) is 0 Å². The molecule has 0 saturated heterocycles. The maximum absolute atomic E-state index is 5.50. The number of ether oxygens (including phenoxy) is 1. The molecule has 0 aromatic heterocycles. The Hall–Kier alpha value is -1.02. The predicted octanol–water partition coefficient (Wildman–Crippen LogP) is 4.91. The van der Waals surface area contributed by atoms with Crippen LogP contribution in [0.1, 0.15) is 26.3 Å². The van der Waals surface area contributed by atoms with E-state index in [4.69, 9.17) is 4.74 Å². The highest BCUT2D eigenvalue weighted by molar-refractivity contribution is 9.10. The number of hydrogen-bond donors (Lipinski definition) is 0. The average molecular weight is 293 g/mol. The zero-order valence-electron chi connectivity index (χ0n) is 10.7. The van der Waals surface area contributed by atoms with E-state index in [1.165, 1.54) is 16.3 Å². The molecule has 0 amide bonds. The van der Waals surface area contributed by atoms with Gasteiger partial charge >= 0.3 is 0 Å². The van der Waals surface area contributed by atoms with Crippen molar-refractivity contribution in [1.29, 1.82) is 0 Å². The molecule has 2 rings (SSSR count). The minimum Gasteiger partial charge on any atom is -0.496 e. The van der Waals surface area contributed by atoms with E-state index in [-0.39, 0.29) is 5.41 Å². The van der Waals surface area contributed by atoms with Crippen LogP contribution >= 0.6 is 15.9 Å². The van der Waals surface area contributed by atoms with E-state index >= 15 is 0 Å². The molecule has 0 heterocycles. The molecule has 0 bridgehead atoms. The second-order valence-corrected chi connectivity index (χ2v) is 6.17. The van der Waals surface area contributed by atoms with Crippen molar-refractivity contribution in [2.24, 2.45) is 0 Å². The van der Waals surface area contributed by atoms with Gasteiger partial charge in [-0.25, -0.2) is 0 Å². The van der Waals surface area contributed by atoms with Gasteiger partial charge in [0.25, 0.3) is 0 Å². The maximum atomic E-state index is 5.50. The lowest BCUT2D eigenvalue weighted by Crippen LogP contribution is -2.13. The van der Waals surface area contributed by atoms with Gasteiger partial charge in [0.05, 0.1) is 7.11 Å². The van der Waals surface area contributed by atoms with Crippen molar-refractivity contribution >= 4 is 26.7 Å². The Morgan fingerprint density at radius 2 is 1.76 bits per heavy atom. The van der Waals surface area contributed by atoms with Gasteiger partial charge in [0.1, 0.15) is 5.75 Å². The van der Waals surface area contributed by atoms with E-state index in [2.05, 4.69) is 67.0 Å². The molecule has 2 heteroatoms. The third-order valence-electron chi connectivity index (χ3n) is 2.91. The molecular weight excluding hydrogens is 276 g/mol. The van der Waals surface area contributed by atoms with Crippen molar-refractivity contribution in [2.75, 3.05) is 7.11 Å². The molecule has 2 aromatic carbocycles. The van der Waals surface area contributed by atoms with E-state index in [0.717, 1.165) is 10.2 Å². The van der Waals surface area contributed by atoms with E-state index in [0.29, 0.717) is 0 Å². The van der Waals surface area contributed by atoms with Crippen LogP contribution in [0.25, 0.3) is 10.8 Å². The monoisotopic (exact) mass is 292 g/mol. The molecule has 0 unspecified atom stereocenters. The lowest BCUT2D eigenvalue weighted by atomic mass is 9.83. The van der Waals surface area contributed by atoms with Crippen molar-refractivity contribution in [3.63, 3.8) is 0 Å². The Bertz CT molecular complexity index is 553. The number of fused-ring (bicyclic) bond motifs is 1. The molecular formula is C15H17BrO. The van der Waals surface area contributed by atoms with Crippen LogP contribution in [0.4, 0.5) is 0 Å². The van der Waals surface area contributed by atoms with Gasteiger partial charge in [-0.3, -0.25) is 0 Å². The SMILES string of the molecule is COc1ccc2cc(Br)ccc2c1C(C)(C)C. The Labute approximate surface area is 111 Å². The van der Waals surface area contributed by atoms with Gasteiger partial charge in [-0.15, -0.1) is 0 Å². The van der Waals surface area contributed by atoms with Gasteiger partial charge in [-0.2, -0.15) is 0 Å². The van der Waals surface area contributed by atoms with Crippen LogP contribution in [-0.4, -0.2) is 7.11 Å². The fourth-order valence-electron chi connectivity index (χ4n) is 2.22. The minimum atomic E-state index is 0.0681. The van der Waals surface area contributed by atoms with Gasteiger partial charge in [0.2, 0.25) is 0 Å². The summed E-state index contributed by atoms with van der Waals surface area (Å²) in [5.41, 5.74) is 1.34. The summed E-state index contributed by atoms with van der Waals surface area (Å²) in [7, 11) is 1.73. The first-order chi connectivity index (χ1) is 7.93. The molecule has 0 aliphatic carbocycles. The summed E-state index contributed by atoms with van der Waals surface area (Å²) in [6.07, 6.45) is 0. The molecule has 0 fully saturated rings. The van der Waals surface area contributed by atoms with Crippen molar-refractivity contribution in [2.45, 2.75) is 26.2 Å². The Kier molecular flexibility index (Phi) is 3.17. The standard InChI is InChI=1S/C15H17BrO/c1-15(2,3)14-12-7-6-11(16)9-10(12)5-8-13(14)17-4/h5-9H,1-4H3. The highest BCUT2D eigenvalue weighted by atomic mass is 79.9. The number of methoxy groups -OCH3 is 1. The van der Waals surface area contributed by atoms with Gasteiger partial charge in [-0.05, 0) is 34.4 Å². The highest BCUT2D eigenvalue weighted by Gasteiger charge is 2.21. The van der Waals surface area contributed by atoms with Crippen LogP contribution in [-0.2, 0) is 5.41 Å². The summed E-state index contributed by atoms with van der Waals surface area (Å²) in [5, 5.41) is 2.50. The molecule has 0 atom stereocenters. The Balaban J connectivity index is 2.84. The third-order valence-corrected chi connectivity index (χ3v) is 3.41. The summed E-state index contributed by atoms with van der Waals surface area (Å²) in [6, 6.07) is 10.5. The summed E-state index contributed by atoms with van der Waals surface area (Å²) in [4.78, 5) is 0. The van der Waals surface area contributed by atoms with Crippen molar-refractivity contribution in [3.05, 3.63) is 40.4 Å². The lowest BCUT2D eigenvalue weighted by molar-refractivity contribution is 0.399. The highest BCUT2D eigenvalue weighted by Crippen LogP contribution is 2.38. The van der Waals surface area contributed by atoms with Crippen LogP contribution in [0.3, 0.4) is 0 Å². The number of benzene rings is 2. The van der Waals surface area contributed by atoms with Crippen LogP contribution in [0.2, 0.25) is 0 Å². The maximum Gasteiger partial charge on any atom is 0.123 e. The fourth-order valence-corrected chi connectivity index (χ4v) is 2.60. The Morgan fingerprint density at radius 1 is 1.06 bits per heavy atom. The molecule has 0 N–H and O–H groups in total. The molecule has 1 nitrogen and oxygen atoms in total. The molecule has 17 heavy (non-hydrogen) atoms. The number of halogens is 1. The van der Waals surface area contributed by atoms with Gasteiger partial charge in [0.15, 0.2) is 0 Å². The van der Waals surface area contributed by atoms with Crippen LogP contribution in [0.15, 0.2) is 34.8 Å².